The zero-order valence-corrected chi connectivity index (χ0v) is 16.6. The minimum Gasteiger partial charge on any atom is -0.496 e. The third-order valence-electron chi connectivity index (χ3n) is 4.38. The Hall–Kier alpha value is -2.53. The van der Waals surface area contributed by atoms with Crippen LogP contribution in [0.2, 0.25) is 5.02 Å². The smallest absolute Gasteiger partial charge is 0.242 e. The summed E-state index contributed by atoms with van der Waals surface area (Å²) < 4.78 is 5.30. The average molecular weight is 389 g/mol. The van der Waals surface area contributed by atoms with E-state index in [1.165, 1.54) is 0 Å². The summed E-state index contributed by atoms with van der Waals surface area (Å²) in [5.41, 5.74) is 1.80. The molecule has 0 radical (unpaired) electrons. The fourth-order valence-electron chi connectivity index (χ4n) is 2.75. The van der Waals surface area contributed by atoms with Crippen LogP contribution in [0.5, 0.6) is 5.75 Å². The largest absolute Gasteiger partial charge is 0.496 e. The summed E-state index contributed by atoms with van der Waals surface area (Å²) in [6.07, 6.45) is 0.331. The highest BCUT2D eigenvalue weighted by Gasteiger charge is 2.25. The first kappa shape index (κ1) is 20.8. The van der Waals surface area contributed by atoms with Gasteiger partial charge in [0.05, 0.1) is 7.11 Å². The second-order valence-electron chi connectivity index (χ2n) is 6.21. The van der Waals surface area contributed by atoms with Crippen LogP contribution in [0.25, 0.3) is 0 Å². The van der Waals surface area contributed by atoms with Gasteiger partial charge in [-0.15, -0.1) is 0 Å². The van der Waals surface area contributed by atoms with Gasteiger partial charge in [-0.1, -0.05) is 48.9 Å². The molecule has 0 saturated carbocycles. The van der Waals surface area contributed by atoms with Crippen molar-refractivity contribution in [1.29, 1.82) is 0 Å². The number of para-hydroxylation sites is 1. The highest BCUT2D eigenvalue weighted by atomic mass is 35.5. The first-order chi connectivity index (χ1) is 13.0. The van der Waals surface area contributed by atoms with Gasteiger partial charge in [-0.25, -0.2) is 0 Å². The lowest BCUT2D eigenvalue weighted by Gasteiger charge is -2.28. The van der Waals surface area contributed by atoms with Gasteiger partial charge in [-0.05, 0) is 30.7 Å². The maximum atomic E-state index is 12.7. The van der Waals surface area contributed by atoms with Crippen molar-refractivity contribution in [1.82, 2.24) is 10.2 Å². The molecule has 27 heavy (non-hydrogen) atoms. The van der Waals surface area contributed by atoms with Gasteiger partial charge in [0.1, 0.15) is 11.8 Å². The number of rotatable bonds is 8. The van der Waals surface area contributed by atoms with Crippen molar-refractivity contribution in [2.75, 3.05) is 7.11 Å². The van der Waals surface area contributed by atoms with Gasteiger partial charge in [-0.2, -0.15) is 0 Å². The van der Waals surface area contributed by atoms with E-state index >= 15 is 0 Å². The number of amides is 2. The van der Waals surface area contributed by atoms with E-state index in [0.29, 0.717) is 30.3 Å². The minimum atomic E-state index is -0.595. The number of nitrogens with zero attached hydrogens (tertiary/aromatic N) is 1. The molecular formula is C21H25ClN2O3. The highest BCUT2D eigenvalue weighted by molar-refractivity contribution is 6.30. The fourth-order valence-corrected chi connectivity index (χ4v) is 2.88. The summed E-state index contributed by atoms with van der Waals surface area (Å²) in [7, 11) is 1.59. The standard InChI is InChI=1S/C21H25ClN2O3/c1-4-20(25)24(14-16-9-11-18(22)12-10-16)15(2)21(26)23-13-17-7-5-6-8-19(17)27-3/h5-12,15H,4,13-14H2,1-3H3,(H,23,26)/t15-/m0/s1. The molecule has 0 spiro atoms. The zero-order valence-electron chi connectivity index (χ0n) is 15.9. The van der Waals surface area contributed by atoms with Gasteiger partial charge in [0.15, 0.2) is 0 Å². The molecule has 0 aliphatic carbocycles. The minimum absolute atomic E-state index is 0.0788. The molecule has 2 rings (SSSR count). The van der Waals surface area contributed by atoms with Gasteiger partial charge in [0, 0.05) is 30.1 Å². The molecule has 0 fully saturated rings. The molecule has 144 valence electrons. The van der Waals surface area contributed by atoms with Crippen molar-refractivity contribution < 1.29 is 14.3 Å². The number of methoxy groups -OCH3 is 1. The third kappa shape index (κ3) is 5.73. The molecule has 0 unspecified atom stereocenters. The summed E-state index contributed by atoms with van der Waals surface area (Å²) in [4.78, 5) is 26.6. The summed E-state index contributed by atoms with van der Waals surface area (Å²) in [5.74, 6) is 0.426. The van der Waals surface area contributed by atoms with Crippen molar-refractivity contribution in [3.05, 3.63) is 64.7 Å². The van der Waals surface area contributed by atoms with Crippen molar-refractivity contribution in [2.24, 2.45) is 0 Å². The van der Waals surface area contributed by atoms with Crippen molar-refractivity contribution in [3.63, 3.8) is 0 Å². The zero-order chi connectivity index (χ0) is 19.8. The number of carbonyl (C=O) groups is 2. The van der Waals surface area contributed by atoms with Gasteiger partial charge in [0.2, 0.25) is 11.8 Å². The SMILES string of the molecule is CCC(=O)N(Cc1ccc(Cl)cc1)[C@@H](C)C(=O)NCc1ccccc1OC. The molecule has 2 aromatic carbocycles. The van der Waals surface area contributed by atoms with E-state index in [-0.39, 0.29) is 11.8 Å². The van der Waals surface area contributed by atoms with E-state index in [2.05, 4.69) is 5.32 Å². The third-order valence-corrected chi connectivity index (χ3v) is 4.63. The molecule has 2 aromatic rings. The molecule has 0 heterocycles. The normalized spacial score (nSPS) is 11.6. The average Bonchev–Trinajstić information content (AvgIpc) is 2.70. The van der Waals surface area contributed by atoms with Crippen LogP contribution in [0, 0.1) is 0 Å². The maximum Gasteiger partial charge on any atom is 0.242 e. The molecule has 2 amide bonds. The Morgan fingerprint density at radius 2 is 1.81 bits per heavy atom. The van der Waals surface area contributed by atoms with Crippen LogP contribution in [0.4, 0.5) is 0 Å². The molecule has 1 atom stereocenters. The Kier molecular flexibility index (Phi) is 7.67. The van der Waals surface area contributed by atoms with Crippen molar-refractivity contribution >= 4 is 23.4 Å². The van der Waals surface area contributed by atoms with E-state index < -0.39 is 6.04 Å². The molecule has 0 aliphatic rings. The maximum absolute atomic E-state index is 12.7. The van der Waals surface area contributed by atoms with E-state index in [0.717, 1.165) is 11.1 Å². The van der Waals surface area contributed by atoms with Gasteiger partial charge < -0.3 is 15.0 Å². The first-order valence-electron chi connectivity index (χ1n) is 8.89. The highest BCUT2D eigenvalue weighted by Crippen LogP contribution is 2.17. The Labute approximate surface area is 165 Å². The lowest BCUT2D eigenvalue weighted by Crippen LogP contribution is -2.47. The van der Waals surface area contributed by atoms with Crippen LogP contribution in [-0.2, 0) is 22.7 Å². The van der Waals surface area contributed by atoms with Crippen molar-refractivity contribution in [3.8, 4) is 5.75 Å². The molecule has 0 bridgehead atoms. The van der Waals surface area contributed by atoms with E-state index in [1.807, 2.05) is 36.4 Å². The lowest BCUT2D eigenvalue weighted by atomic mass is 10.1. The van der Waals surface area contributed by atoms with Crippen LogP contribution in [0.1, 0.15) is 31.4 Å². The Bertz CT molecular complexity index is 777. The molecular weight excluding hydrogens is 364 g/mol. The van der Waals surface area contributed by atoms with E-state index in [9.17, 15) is 9.59 Å². The molecule has 5 nitrogen and oxygen atoms in total. The summed E-state index contributed by atoms with van der Waals surface area (Å²) in [6.45, 7) is 4.22. The number of hydrogen-bond acceptors (Lipinski definition) is 3. The van der Waals surface area contributed by atoms with E-state index in [4.69, 9.17) is 16.3 Å². The molecule has 0 aromatic heterocycles. The molecule has 6 heteroatoms. The predicted octanol–water partition coefficient (Wildman–Crippen LogP) is 3.79. The van der Waals surface area contributed by atoms with Crippen LogP contribution >= 0.6 is 11.6 Å². The number of carbonyl (C=O) groups excluding carboxylic acids is 2. The fraction of sp³-hybridized carbons (Fsp3) is 0.333. The van der Waals surface area contributed by atoms with Gasteiger partial charge in [0.25, 0.3) is 0 Å². The predicted molar refractivity (Wildman–Crippen MR) is 107 cm³/mol. The number of nitrogens with one attached hydrogen (secondary N) is 1. The quantitative estimate of drug-likeness (QED) is 0.748. The number of benzene rings is 2. The Morgan fingerprint density at radius 3 is 2.44 bits per heavy atom. The number of halogens is 1. The van der Waals surface area contributed by atoms with Gasteiger partial charge >= 0.3 is 0 Å². The van der Waals surface area contributed by atoms with E-state index in [1.54, 1.807) is 38.0 Å². The number of hydrogen-bond donors (Lipinski definition) is 1. The van der Waals surface area contributed by atoms with Gasteiger partial charge in [-0.3, -0.25) is 9.59 Å². The second-order valence-corrected chi connectivity index (χ2v) is 6.64. The lowest BCUT2D eigenvalue weighted by molar-refractivity contribution is -0.140. The molecule has 1 N–H and O–H groups in total. The van der Waals surface area contributed by atoms with Crippen LogP contribution in [0.3, 0.4) is 0 Å². The first-order valence-corrected chi connectivity index (χ1v) is 9.27. The van der Waals surface area contributed by atoms with Crippen LogP contribution < -0.4 is 10.1 Å². The van der Waals surface area contributed by atoms with Crippen molar-refractivity contribution in [2.45, 2.75) is 39.4 Å². The Morgan fingerprint density at radius 1 is 1.15 bits per heavy atom. The summed E-state index contributed by atoms with van der Waals surface area (Å²) in [5, 5.41) is 3.53. The monoisotopic (exact) mass is 388 g/mol. The molecule has 0 aliphatic heterocycles. The van der Waals surface area contributed by atoms with Crippen LogP contribution in [-0.4, -0.2) is 29.9 Å². The molecule has 0 saturated heterocycles. The summed E-state index contributed by atoms with van der Waals surface area (Å²) in [6, 6.07) is 14.2. The topological polar surface area (TPSA) is 58.6 Å². The number of ether oxygens (including phenoxy) is 1. The second kappa shape index (κ2) is 9.97. The Balaban J connectivity index is 2.07. The summed E-state index contributed by atoms with van der Waals surface area (Å²) >= 11 is 5.92. The van der Waals surface area contributed by atoms with Crippen LogP contribution in [0.15, 0.2) is 48.5 Å².